The van der Waals surface area contributed by atoms with Crippen molar-refractivity contribution in [1.82, 2.24) is 5.48 Å². The Balaban J connectivity index is 3.50. The van der Waals surface area contributed by atoms with Crippen LogP contribution in [0.1, 0.15) is 33.1 Å². The minimum Gasteiger partial charge on any atom is -0.297 e. The topological polar surface area (TPSA) is 21.3 Å². The van der Waals surface area contributed by atoms with Crippen LogP contribution in [0.15, 0.2) is 24.8 Å². The molecule has 0 saturated heterocycles. The fourth-order valence-corrected chi connectivity index (χ4v) is 0.936. The molecule has 0 aromatic rings. The summed E-state index contributed by atoms with van der Waals surface area (Å²) in [5, 5.41) is 0. The highest BCUT2D eigenvalue weighted by atomic mass is 16.6. The molecule has 0 aliphatic carbocycles. The molecule has 0 aliphatic rings. The second-order valence-electron chi connectivity index (χ2n) is 3.20. The first-order valence-corrected chi connectivity index (χ1v) is 4.88. The van der Waals surface area contributed by atoms with E-state index < -0.39 is 0 Å². The van der Waals surface area contributed by atoms with Gasteiger partial charge in [-0.1, -0.05) is 31.6 Å². The van der Waals surface area contributed by atoms with Crippen LogP contribution in [0, 0.1) is 0 Å². The fraction of sp³-hybridized carbons (Fsp3) is 0.636. The summed E-state index contributed by atoms with van der Waals surface area (Å²) in [6, 6.07) is 0.228. The molecule has 0 aromatic heterocycles. The Morgan fingerprint density at radius 2 is 2.31 bits per heavy atom. The van der Waals surface area contributed by atoms with Crippen molar-refractivity contribution in [2.24, 2.45) is 0 Å². The number of nitrogens with one attached hydrogen (secondary N) is 1. The molecule has 0 amide bonds. The summed E-state index contributed by atoms with van der Waals surface area (Å²) < 4.78 is 0. The van der Waals surface area contributed by atoms with E-state index in [1.54, 1.807) is 6.08 Å². The van der Waals surface area contributed by atoms with E-state index in [9.17, 15) is 0 Å². The van der Waals surface area contributed by atoms with E-state index >= 15 is 0 Å². The minimum absolute atomic E-state index is 0.228. The molecule has 0 aliphatic heterocycles. The first-order chi connectivity index (χ1) is 6.22. The fourth-order valence-electron chi connectivity index (χ4n) is 0.936. The Hall–Kier alpha value is -0.600. The molecule has 1 atom stereocenters. The van der Waals surface area contributed by atoms with E-state index in [0.717, 1.165) is 6.42 Å². The third kappa shape index (κ3) is 6.55. The SMILES string of the molecule is C=CCONC(C)C(=C)CCCC. The molecule has 0 rings (SSSR count). The molecule has 0 bridgehead atoms. The van der Waals surface area contributed by atoms with Crippen LogP contribution < -0.4 is 5.48 Å². The molecule has 0 radical (unpaired) electrons. The summed E-state index contributed by atoms with van der Waals surface area (Å²) in [5.41, 5.74) is 4.12. The average molecular weight is 183 g/mol. The van der Waals surface area contributed by atoms with Gasteiger partial charge in [0.05, 0.1) is 12.6 Å². The van der Waals surface area contributed by atoms with Gasteiger partial charge in [0, 0.05) is 0 Å². The van der Waals surface area contributed by atoms with Crippen LogP contribution in [-0.4, -0.2) is 12.6 Å². The maximum Gasteiger partial charge on any atom is 0.0861 e. The maximum absolute atomic E-state index is 5.12. The first kappa shape index (κ1) is 12.4. The lowest BCUT2D eigenvalue weighted by molar-refractivity contribution is 0.0472. The summed E-state index contributed by atoms with van der Waals surface area (Å²) in [6.07, 6.45) is 5.20. The maximum atomic E-state index is 5.12. The van der Waals surface area contributed by atoms with E-state index in [0.29, 0.717) is 6.61 Å². The van der Waals surface area contributed by atoms with Gasteiger partial charge in [-0.3, -0.25) is 4.84 Å². The van der Waals surface area contributed by atoms with E-state index in [4.69, 9.17) is 4.84 Å². The quantitative estimate of drug-likeness (QED) is 0.355. The van der Waals surface area contributed by atoms with Crippen LogP contribution in [0.5, 0.6) is 0 Å². The summed E-state index contributed by atoms with van der Waals surface area (Å²) in [7, 11) is 0. The van der Waals surface area contributed by atoms with Crippen molar-refractivity contribution in [3.63, 3.8) is 0 Å². The first-order valence-electron chi connectivity index (χ1n) is 4.88. The lowest BCUT2D eigenvalue weighted by Gasteiger charge is -2.15. The van der Waals surface area contributed by atoms with Crippen molar-refractivity contribution in [3.05, 3.63) is 24.8 Å². The number of rotatable bonds is 8. The molecule has 0 saturated carbocycles. The third-order valence-electron chi connectivity index (χ3n) is 1.93. The van der Waals surface area contributed by atoms with Gasteiger partial charge in [-0.2, -0.15) is 5.48 Å². The smallest absolute Gasteiger partial charge is 0.0861 e. The van der Waals surface area contributed by atoms with Gasteiger partial charge in [0.25, 0.3) is 0 Å². The van der Waals surface area contributed by atoms with Crippen molar-refractivity contribution in [2.75, 3.05) is 6.61 Å². The monoisotopic (exact) mass is 183 g/mol. The molecule has 0 heterocycles. The van der Waals surface area contributed by atoms with E-state index in [2.05, 4.69) is 32.5 Å². The minimum atomic E-state index is 0.228. The molecule has 2 nitrogen and oxygen atoms in total. The predicted octanol–water partition coefficient (Wildman–Crippen LogP) is 2.83. The van der Waals surface area contributed by atoms with Crippen molar-refractivity contribution in [3.8, 4) is 0 Å². The van der Waals surface area contributed by atoms with Crippen LogP contribution >= 0.6 is 0 Å². The zero-order chi connectivity index (χ0) is 10.1. The number of hydrogen-bond donors (Lipinski definition) is 1. The molecule has 13 heavy (non-hydrogen) atoms. The van der Waals surface area contributed by atoms with Gasteiger partial charge in [0.2, 0.25) is 0 Å². The Morgan fingerprint density at radius 1 is 1.62 bits per heavy atom. The van der Waals surface area contributed by atoms with Crippen LogP contribution in [0.4, 0.5) is 0 Å². The molecule has 1 N–H and O–H groups in total. The summed E-state index contributed by atoms with van der Waals surface area (Å²) in [6.45, 7) is 12.3. The molecule has 2 heteroatoms. The highest BCUT2D eigenvalue weighted by molar-refractivity contribution is 5.02. The van der Waals surface area contributed by atoms with Gasteiger partial charge in [0.15, 0.2) is 0 Å². The van der Waals surface area contributed by atoms with Gasteiger partial charge in [-0.15, -0.1) is 6.58 Å². The molecule has 76 valence electrons. The van der Waals surface area contributed by atoms with Crippen LogP contribution in [0.25, 0.3) is 0 Å². The van der Waals surface area contributed by atoms with E-state index in [1.807, 2.05) is 0 Å². The van der Waals surface area contributed by atoms with Crippen molar-refractivity contribution in [2.45, 2.75) is 39.2 Å². The number of unbranched alkanes of at least 4 members (excludes halogenated alkanes) is 1. The summed E-state index contributed by atoms with van der Waals surface area (Å²) in [4.78, 5) is 5.12. The molecule has 0 fully saturated rings. The highest BCUT2D eigenvalue weighted by Crippen LogP contribution is 2.08. The Labute approximate surface area is 81.6 Å². The molecule has 0 aromatic carbocycles. The standard InChI is InChI=1S/C11H21NO/c1-5-7-8-10(3)11(4)12-13-9-6-2/h6,11-12H,2-3,5,7-9H2,1,4H3. The second-order valence-corrected chi connectivity index (χ2v) is 3.20. The highest BCUT2D eigenvalue weighted by Gasteiger charge is 2.04. The zero-order valence-corrected chi connectivity index (χ0v) is 8.81. The third-order valence-corrected chi connectivity index (χ3v) is 1.93. The largest absolute Gasteiger partial charge is 0.297 e. The van der Waals surface area contributed by atoms with Gasteiger partial charge >= 0.3 is 0 Å². The predicted molar refractivity (Wildman–Crippen MR) is 57.4 cm³/mol. The Bertz CT molecular complexity index is 154. The van der Waals surface area contributed by atoms with Gasteiger partial charge < -0.3 is 0 Å². The van der Waals surface area contributed by atoms with Crippen molar-refractivity contribution < 1.29 is 4.84 Å². The van der Waals surface area contributed by atoms with Gasteiger partial charge in [-0.05, 0) is 19.8 Å². The molecular formula is C11H21NO. The van der Waals surface area contributed by atoms with Gasteiger partial charge in [-0.25, -0.2) is 0 Å². The van der Waals surface area contributed by atoms with E-state index in [1.165, 1.54) is 18.4 Å². The zero-order valence-electron chi connectivity index (χ0n) is 8.81. The van der Waals surface area contributed by atoms with Crippen molar-refractivity contribution >= 4 is 0 Å². The van der Waals surface area contributed by atoms with Gasteiger partial charge in [0.1, 0.15) is 0 Å². The van der Waals surface area contributed by atoms with Crippen LogP contribution in [0.2, 0.25) is 0 Å². The normalized spacial score (nSPS) is 12.5. The Morgan fingerprint density at radius 3 is 2.85 bits per heavy atom. The number of hydroxylamine groups is 1. The lowest BCUT2D eigenvalue weighted by Crippen LogP contribution is -2.27. The second kappa shape index (κ2) is 8.02. The summed E-state index contributed by atoms with van der Waals surface area (Å²) >= 11 is 0. The van der Waals surface area contributed by atoms with Crippen molar-refractivity contribution in [1.29, 1.82) is 0 Å². The Kier molecular flexibility index (Phi) is 7.65. The van der Waals surface area contributed by atoms with Crippen LogP contribution in [0.3, 0.4) is 0 Å². The lowest BCUT2D eigenvalue weighted by atomic mass is 10.1. The number of hydrogen-bond acceptors (Lipinski definition) is 2. The molecule has 0 spiro atoms. The molecular weight excluding hydrogens is 162 g/mol. The van der Waals surface area contributed by atoms with E-state index in [-0.39, 0.29) is 6.04 Å². The average Bonchev–Trinajstić information content (AvgIpc) is 2.14. The molecule has 1 unspecified atom stereocenters. The van der Waals surface area contributed by atoms with Crippen LogP contribution in [-0.2, 0) is 4.84 Å². The summed E-state index contributed by atoms with van der Waals surface area (Å²) in [5.74, 6) is 0.